The fraction of sp³-hybridized carbons (Fsp3) is 0.412. The Bertz CT molecular complexity index is 878. The lowest BCUT2D eigenvalue weighted by atomic mass is 10.3. The topological polar surface area (TPSA) is 77.7 Å². The van der Waals surface area contributed by atoms with E-state index in [2.05, 4.69) is 19.9 Å². The molecule has 0 bridgehead atoms. The summed E-state index contributed by atoms with van der Waals surface area (Å²) >= 11 is 0. The molecule has 0 aliphatic carbocycles. The van der Waals surface area contributed by atoms with Crippen LogP contribution in [0.2, 0.25) is 0 Å². The second-order valence-electron chi connectivity index (χ2n) is 6.03. The molecule has 0 N–H and O–H groups in total. The average molecular weight is 340 g/mol. The number of rotatable bonds is 4. The number of aromatic nitrogens is 5. The number of anilines is 1. The van der Waals surface area contributed by atoms with Crippen molar-refractivity contribution in [2.75, 3.05) is 38.3 Å². The minimum absolute atomic E-state index is 0.0571. The summed E-state index contributed by atoms with van der Waals surface area (Å²) in [6, 6.07) is 1.93. The van der Waals surface area contributed by atoms with Crippen molar-refractivity contribution < 1.29 is 9.47 Å². The lowest BCUT2D eigenvalue weighted by Crippen LogP contribution is -2.44. The van der Waals surface area contributed by atoms with E-state index in [0.717, 1.165) is 35.9 Å². The van der Waals surface area contributed by atoms with Gasteiger partial charge in [0.25, 0.3) is 0 Å². The second-order valence-corrected chi connectivity index (χ2v) is 6.03. The predicted octanol–water partition coefficient (Wildman–Crippen LogP) is 1.35. The Morgan fingerprint density at radius 2 is 2.20 bits per heavy atom. The van der Waals surface area contributed by atoms with Crippen molar-refractivity contribution in [2.45, 2.75) is 13.0 Å². The lowest BCUT2D eigenvalue weighted by Gasteiger charge is -2.33. The monoisotopic (exact) mass is 340 g/mol. The summed E-state index contributed by atoms with van der Waals surface area (Å²) in [7, 11) is 1.69. The van der Waals surface area contributed by atoms with E-state index < -0.39 is 0 Å². The van der Waals surface area contributed by atoms with E-state index in [1.807, 2.05) is 23.6 Å². The smallest absolute Gasteiger partial charge is 0.180 e. The third kappa shape index (κ3) is 3.18. The van der Waals surface area contributed by atoms with E-state index in [9.17, 15) is 0 Å². The number of hydrogen-bond acceptors (Lipinski definition) is 7. The van der Waals surface area contributed by atoms with Crippen LogP contribution in [0.5, 0.6) is 0 Å². The number of imidazole rings is 1. The molecule has 0 spiro atoms. The van der Waals surface area contributed by atoms with Gasteiger partial charge >= 0.3 is 0 Å². The molecule has 130 valence electrons. The Labute approximate surface area is 145 Å². The second kappa shape index (κ2) is 6.73. The van der Waals surface area contributed by atoms with Gasteiger partial charge in [-0.25, -0.2) is 15.0 Å². The molecule has 4 heterocycles. The summed E-state index contributed by atoms with van der Waals surface area (Å²) in [5.41, 5.74) is 2.55. The Balaban J connectivity index is 1.66. The molecule has 0 aromatic carbocycles. The van der Waals surface area contributed by atoms with Crippen LogP contribution in [0.3, 0.4) is 0 Å². The first-order valence-corrected chi connectivity index (χ1v) is 8.23. The number of hydrogen-bond donors (Lipinski definition) is 0. The molecule has 3 aromatic rings. The van der Waals surface area contributed by atoms with E-state index in [0.29, 0.717) is 19.0 Å². The maximum Gasteiger partial charge on any atom is 0.180 e. The number of aryl methyl sites for hydroxylation is 1. The van der Waals surface area contributed by atoms with Crippen LogP contribution in [0.15, 0.2) is 30.9 Å². The van der Waals surface area contributed by atoms with Crippen LogP contribution < -0.4 is 4.90 Å². The summed E-state index contributed by atoms with van der Waals surface area (Å²) in [6.45, 7) is 4.74. The van der Waals surface area contributed by atoms with Gasteiger partial charge in [-0.15, -0.1) is 0 Å². The quantitative estimate of drug-likeness (QED) is 0.709. The van der Waals surface area contributed by atoms with Crippen LogP contribution in [-0.2, 0) is 9.47 Å². The fourth-order valence-corrected chi connectivity index (χ4v) is 3.01. The van der Waals surface area contributed by atoms with E-state index in [1.54, 1.807) is 25.7 Å². The van der Waals surface area contributed by atoms with E-state index >= 15 is 0 Å². The highest BCUT2D eigenvalue weighted by Gasteiger charge is 2.22. The van der Waals surface area contributed by atoms with Gasteiger partial charge in [-0.3, -0.25) is 9.38 Å². The highest BCUT2D eigenvalue weighted by Crippen LogP contribution is 2.21. The fourth-order valence-electron chi connectivity index (χ4n) is 3.01. The molecule has 0 saturated carbocycles. The van der Waals surface area contributed by atoms with Gasteiger partial charge in [0, 0.05) is 32.6 Å². The third-order valence-corrected chi connectivity index (χ3v) is 4.21. The van der Waals surface area contributed by atoms with E-state index in [-0.39, 0.29) is 6.10 Å². The zero-order valence-corrected chi connectivity index (χ0v) is 14.3. The Morgan fingerprint density at radius 1 is 1.28 bits per heavy atom. The highest BCUT2D eigenvalue weighted by molar-refractivity contribution is 5.58. The number of ether oxygens (including phenoxy) is 2. The molecule has 1 aliphatic rings. The van der Waals surface area contributed by atoms with Crippen molar-refractivity contribution in [1.29, 1.82) is 0 Å². The van der Waals surface area contributed by atoms with Crippen LogP contribution >= 0.6 is 0 Å². The molecule has 0 radical (unpaired) electrons. The summed E-state index contributed by atoms with van der Waals surface area (Å²) in [5.74, 6) is 1.53. The van der Waals surface area contributed by atoms with E-state index in [1.165, 1.54) is 0 Å². The number of nitrogens with zero attached hydrogens (tertiary/aromatic N) is 6. The molecule has 1 atom stereocenters. The van der Waals surface area contributed by atoms with Crippen LogP contribution in [0.1, 0.15) is 5.69 Å². The number of fused-ring (bicyclic) bond motifs is 1. The van der Waals surface area contributed by atoms with Gasteiger partial charge in [0.05, 0.1) is 37.4 Å². The van der Waals surface area contributed by atoms with Crippen LogP contribution in [0.25, 0.3) is 17.2 Å². The standard InChI is InChI=1S/C17H20N6O2/c1-12-9-23-14(7-20-16(23)8-19-12)17-18-4-3-15(21-17)22-5-6-25-13(10-22)11-24-2/h3-4,7-9,13H,5-6,10-11H2,1-2H3. The first-order valence-electron chi connectivity index (χ1n) is 8.23. The summed E-state index contributed by atoms with van der Waals surface area (Å²) < 4.78 is 12.9. The molecular formula is C17H20N6O2. The summed E-state index contributed by atoms with van der Waals surface area (Å²) in [5, 5.41) is 0. The SMILES string of the molecule is COCC1CN(c2ccnc(-c3cnc4cnc(C)cn34)n2)CCO1. The molecule has 3 aromatic heterocycles. The molecule has 1 fully saturated rings. The lowest BCUT2D eigenvalue weighted by molar-refractivity contribution is -0.0102. The molecule has 25 heavy (non-hydrogen) atoms. The van der Waals surface area contributed by atoms with Crippen LogP contribution in [-0.4, -0.2) is 63.9 Å². The minimum Gasteiger partial charge on any atom is -0.382 e. The zero-order valence-electron chi connectivity index (χ0n) is 14.3. The molecule has 4 rings (SSSR count). The van der Waals surface area contributed by atoms with Crippen molar-refractivity contribution in [1.82, 2.24) is 24.3 Å². The molecule has 1 saturated heterocycles. The average Bonchev–Trinajstić information content (AvgIpc) is 3.05. The van der Waals surface area contributed by atoms with Gasteiger partial charge in [-0.2, -0.15) is 0 Å². The molecule has 8 heteroatoms. The van der Waals surface area contributed by atoms with Crippen molar-refractivity contribution >= 4 is 11.5 Å². The molecule has 0 amide bonds. The first-order chi connectivity index (χ1) is 12.2. The zero-order chi connectivity index (χ0) is 17.2. The number of morpholine rings is 1. The summed E-state index contributed by atoms with van der Waals surface area (Å²) in [4.78, 5) is 20.0. The Kier molecular flexibility index (Phi) is 4.29. The molecular weight excluding hydrogens is 320 g/mol. The largest absolute Gasteiger partial charge is 0.382 e. The Hall–Kier alpha value is -2.58. The normalized spacial score (nSPS) is 18.0. The number of methoxy groups -OCH3 is 1. The van der Waals surface area contributed by atoms with E-state index in [4.69, 9.17) is 14.5 Å². The van der Waals surface area contributed by atoms with Gasteiger partial charge in [0.15, 0.2) is 11.5 Å². The minimum atomic E-state index is 0.0571. The van der Waals surface area contributed by atoms with Crippen LogP contribution in [0, 0.1) is 6.92 Å². The third-order valence-electron chi connectivity index (χ3n) is 4.21. The summed E-state index contributed by atoms with van der Waals surface area (Å²) in [6.07, 6.45) is 7.31. The maximum absolute atomic E-state index is 5.71. The van der Waals surface area contributed by atoms with Gasteiger partial charge in [0.1, 0.15) is 11.5 Å². The predicted molar refractivity (Wildman–Crippen MR) is 92.6 cm³/mol. The molecule has 1 unspecified atom stereocenters. The van der Waals surface area contributed by atoms with Gasteiger partial charge < -0.3 is 14.4 Å². The van der Waals surface area contributed by atoms with Crippen molar-refractivity contribution in [3.8, 4) is 11.5 Å². The van der Waals surface area contributed by atoms with Gasteiger partial charge in [0.2, 0.25) is 0 Å². The highest BCUT2D eigenvalue weighted by atomic mass is 16.5. The van der Waals surface area contributed by atoms with Gasteiger partial charge in [-0.1, -0.05) is 0 Å². The van der Waals surface area contributed by atoms with Crippen molar-refractivity contribution in [3.63, 3.8) is 0 Å². The molecule has 8 nitrogen and oxygen atoms in total. The van der Waals surface area contributed by atoms with Crippen molar-refractivity contribution in [2.24, 2.45) is 0 Å². The molecule has 1 aliphatic heterocycles. The van der Waals surface area contributed by atoms with Crippen molar-refractivity contribution in [3.05, 3.63) is 36.5 Å². The van der Waals surface area contributed by atoms with Crippen LogP contribution in [0.4, 0.5) is 5.82 Å². The maximum atomic E-state index is 5.71. The Morgan fingerprint density at radius 3 is 3.08 bits per heavy atom. The first kappa shape index (κ1) is 15.9. The van der Waals surface area contributed by atoms with Gasteiger partial charge in [-0.05, 0) is 13.0 Å².